The zero-order valence-electron chi connectivity index (χ0n) is 15.5. The Balaban J connectivity index is 0.00000338. The first kappa shape index (κ1) is 23.4. The molecule has 6 nitrogen and oxygen atoms in total. The van der Waals surface area contributed by atoms with Crippen LogP contribution in [0.25, 0.3) is 0 Å². The first-order chi connectivity index (χ1) is 12.0. The molecule has 1 aromatic heterocycles. The quantitative estimate of drug-likeness (QED) is 0.605. The molecule has 0 aromatic carbocycles. The zero-order valence-corrected chi connectivity index (χ0v) is 17.9. The van der Waals surface area contributed by atoms with E-state index >= 15 is 0 Å². The van der Waals surface area contributed by atoms with Gasteiger partial charge in [-0.05, 0) is 50.4 Å². The van der Waals surface area contributed by atoms with Crippen LogP contribution in [-0.2, 0) is 21.2 Å². The predicted molar refractivity (Wildman–Crippen MR) is 109 cm³/mol. The maximum atomic E-state index is 12.5. The molecular formula is C17H30ClN3O3S2. The second-order valence-corrected chi connectivity index (χ2v) is 9.64. The monoisotopic (exact) mass is 423 g/mol. The summed E-state index contributed by atoms with van der Waals surface area (Å²) >= 11 is 1.30. The molecule has 1 aliphatic heterocycles. The van der Waals surface area contributed by atoms with Crippen LogP contribution in [0.5, 0.6) is 0 Å². The van der Waals surface area contributed by atoms with Gasteiger partial charge in [0.1, 0.15) is 4.21 Å². The molecule has 26 heavy (non-hydrogen) atoms. The van der Waals surface area contributed by atoms with Gasteiger partial charge in [-0.3, -0.25) is 4.79 Å². The topological polar surface area (TPSA) is 78.5 Å². The van der Waals surface area contributed by atoms with Crippen LogP contribution in [0.4, 0.5) is 0 Å². The van der Waals surface area contributed by atoms with Gasteiger partial charge in [0.25, 0.3) is 10.0 Å². The maximum absolute atomic E-state index is 12.5. The van der Waals surface area contributed by atoms with Crippen LogP contribution in [0.15, 0.2) is 16.3 Å². The van der Waals surface area contributed by atoms with E-state index in [0.717, 1.165) is 30.8 Å². The summed E-state index contributed by atoms with van der Waals surface area (Å²) in [6, 6.07) is 3.51. The number of nitrogens with one attached hydrogen (secondary N) is 2. The van der Waals surface area contributed by atoms with Crippen molar-refractivity contribution in [2.75, 3.05) is 32.7 Å². The number of nitrogens with zero attached hydrogens (tertiary/aromatic N) is 1. The molecule has 0 spiro atoms. The molecule has 1 unspecified atom stereocenters. The van der Waals surface area contributed by atoms with Gasteiger partial charge in [0.05, 0.1) is 0 Å². The summed E-state index contributed by atoms with van der Waals surface area (Å²) in [7, 11) is -3.38. The highest BCUT2D eigenvalue weighted by Crippen LogP contribution is 2.25. The lowest BCUT2D eigenvalue weighted by Gasteiger charge is -2.16. The molecule has 150 valence electrons. The summed E-state index contributed by atoms with van der Waals surface area (Å²) in [5.41, 5.74) is 0. The third-order valence-electron chi connectivity index (χ3n) is 4.57. The van der Waals surface area contributed by atoms with Gasteiger partial charge in [0, 0.05) is 30.9 Å². The van der Waals surface area contributed by atoms with E-state index in [1.54, 1.807) is 6.07 Å². The number of hydrogen-bond acceptors (Lipinski definition) is 5. The lowest BCUT2D eigenvalue weighted by atomic mass is 10.0. The number of carbonyl (C=O) groups is 1. The Labute approximate surface area is 167 Å². The molecule has 2 rings (SSSR count). The second-order valence-electron chi connectivity index (χ2n) is 6.31. The van der Waals surface area contributed by atoms with Crippen molar-refractivity contribution in [3.63, 3.8) is 0 Å². The summed E-state index contributed by atoms with van der Waals surface area (Å²) in [6.45, 7) is 7.25. The number of halogens is 1. The smallest absolute Gasteiger partial charge is 0.252 e. The number of rotatable bonds is 10. The SMILES string of the molecule is CCN(CC)S(=O)(=O)c1ccc(CCNC(=O)CCC2CCNC2)s1.Cl. The molecule has 2 heterocycles. The second kappa shape index (κ2) is 11.2. The Morgan fingerprint density at radius 2 is 2.08 bits per heavy atom. The third-order valence-corrected chi connectivity index (χ3v) is 8.23. The van der Waals surface area contributed by atoms with E-state index in [-0.39, 0.29) is 18.3 Å². The standard InChI is InChI=1S/C17H29N3O3S2.ClH/c1-3-20(4-2)25(22,23)17-8-6-15(24-17)10-12-19-16(21)7-5-14-9-11-18-13-14;/h6,8,14,18H,3-5,7,9-13H2,1-2H3,(H,19,21);1H. The van der Waals surface area contributed by atoms with Crippen LogP contribution in [-0.4, -0.2) is 51.4 Å². The normalized spacial score (nSPS) is 17.3. The van der Waals surface area contributed by atoms with Crippen molar-refractivity contribution in [3.8, 4) is 0 Å². The van der Waals surface area contributed by atoms with Crippen LogP contribution < -0.4 is 10.6 Å². The van der Waals surface area contributed by atoms with Crippen LogP contribution in [0.3, 0.4) is 0 Å². The fraction of sp³-hybridized carbons (Fsp3) is 0.706. The number of hydrogen-bond donors (Lipinski definition) is 2. The molecule has 0 saturated carbocycles. The average Bonchev–Trinajstić information content (AvgIpc) is 3.26. The minimum atomic E-state index is -3.38. The van der Waals surface area contributed by atoms with Crippen molar-refractivity contribution in [1.82, 2.24) is 14.9 Å². The zero-order chi connectivity index (χ0) is 18.3. The van der Waals surface area contributed by atoms with Gasteiger partial charge in [0.2, 0.25) is 5.91 Å². The first-order valence-electron chi connectivity index (χ1n) is 9.03. The van der Waals surface area contributed by atoms with Gasteiger partial charge in [-0.25, -0.2) is 8.42 Å². The molecule has 2 N–H and O–H groups in total. The Hall–Kier alpha value is -0.670. The van der Waals surface area contributed by atoms with Crippen molar-refractivity contribution in [2.24, 2.45) is 5.92 Å². The lowest BCUT2D eigenvalue weighted by Crippen LogP contribution is -2.29. The van der Waals surface area contributed by atoms with Crippen LogP contribution >= 0.6 is 23.7 Å². The van der Waals surface area contributed by atoms with Crippen LogP contribution in [0, 0.1) is 5.92 Å². The van der Waals surface area contributed by atoms with E-state index in [4.69, 9.17) is 0 Å². The van der Waals surface area contributed by atoms with E-state index < -0.39 is 10.0 Å². The van der Waals surface area contributed by atoms with Gasteiger partial charge in [-0.15, -0.1) is 23.7 Å². The fourth-order valence-electron chi connectivity index (χ4n) is 3.03. The Morgan fingerprint density at radius 3 is 2.69 bits per heavy atom. The van der Waals surface area contributed by atoms with Crippen molar-refractivity contribution in [1.29, 1.82) is 0 Å². The van der Waals surface area contributed by atoms with E-state index in [0.29, 0.717) is 42.6 Å². The van der Waals surface area contributed by atoms with Crippen molar-refractivity contribution >= 4 is 39.7 Å². The predicted octanol–water partition coefficient (Wildman–Crippen LogP) is 2.25. The third kappa shape index (κ3) is 6.49. The van der Waals surface area contributed by atoms with E-state index in [1.165, 1.54) is 15.6 Å². The van der Waals surface area contributed by atoms with Crippen LogP contribution in [0.2, 0.25) is 0 Å². The fourth-order valence-corrected chi connectivity index (χ4v) is 6.00. The largest absolute Gasteiger partial charge is 0.356 e. The van der Waals surface area contributed by atoms with E-state index in [2.05, 4.69) is 10.6 Å². The average molecular weight is 424 g/mol. The molecule has 1 fully saturated rings. The van der Waals surface area contributed by atoms with Gasteiger partial charge >= 0.3 is 0 Å². The van der Waals surface area contributed by atoms with Crippen molar-refractivity contribution < 1.29 is 13.2 Å². The molecular weight excluding hydrogens is 394 g/mol. The highest BCUT2D eigenvalue weighted by molar-refractivity contribution is 7.91. The summed E-state index contributed by atoms with van der Waals surface area (Å²) in [5.74, 6) is 0.704. The van der Waals surface area contributed by atoms with Gasteiger partial charge in [0.15, 0.2) is 0 Å². The summed E-state index contributed by atoms with van der Waals surface area (Å²) < 4.78 is 26.8. The minimum absolute atomic E-state index is 0. The molecule has 0 aliphatic carbocycles. The number of sulfonamides is 1. The molecule has 0 bridgehead atoms. The molecule has 1 saturated heterocycles. The lowest BCUT2D eigenvalue weighted by molar-refractivity contribution is -0.121. The van der Waals surface area contributed by atoms with Crippen molar-refractivity contribution in [3.05, 3.63) is 17.0 Å². The van der Waals surface area contributed by atoms with Crippen LogP contribution in [0.1, 0.15) is 38.0 Å². The van der Waals surface area contributed by atoms with E-state index in [1.807, 2.05) is 19.9 Å². The summed E-state index contributed by atoms with van der Waals surface area (Å²) in [4.78, 5) is 12.9. The van der Waals surface area contributed by atoms with Gasteiger partial charge in [-0.2, -0.15) is 4.31 Å². The number of thiophene rings is 1. The Bertz CT molecular complexity index is 654. The number of amides is 1. The molecule has 1 aromatic rings. The first-order valence-corrected chi connectivity index (χ1v) is 11.3. The van der Waals surface area contributed by atoms with Crippen molar-refractivity contribution in [2.45, 2.75) is 43.7 Å². The molecule has 1 amide bonds. The molecule has 1 aliphatic rings. The Morgan fingerprint density at radius 1 is 1.35 bits per heavy atom. The van der Waals surface area contributed by atoms with Gasteiger partial charge < -0.3 is 10.6 Å². The highest BCUT2D eigenvalue weighted by atomic mass is 35.5. The Kier molecular flexibility index (Phi) is 10.1. The summed E-state index contributed by atoms with van der Waals surface area (Å²) in [6.07, 6.45) is 3.32. The number of carbonyl (C=O) groups excluding carboxylic acids is 1. The molecule has 0 radical (unpaired) electrons. The van der Waals surface area contributed by atoms with Gasteiger partial charge in [-0.1, -0.05) is 13.8 Å². The van der Waals surface area contributed by atoms with E-state index in [9.17, 15) is 13.2 Å². The summed E-state index contributed by atoms with van der Waals surface area (Å²) in [5, 5.41) is 6.24. The molecule has 9 heteroatoms. The molecule has 1 atom stereocenters. The highest BCUT2D eigenvalue weighted by Gasteiger charge is 2.23. The minimum Gasteiger partial charge on any atom is -0.356 e. The maximum Gasteiger partial charge on any atom is 0.252 e.